The highest BCUT2D eigenvalue weighted by Crippen LogP contribution is 2.26. The monoisotopic (exact) mass is 307 g/mol. The second-order valence-electron chi connectivity index (χ2n) is 4.29. The van der Waals surface area contributed by atoms with Gasteiger partial charge in [0, 0.05) is 21.8 Å². The number of rotatable bonds is 4. The zero-order valence-electron chi connectivity index (χ0n) is 11.0. The zero-order valence-corrected chi connectivity index (χ0v) is 11.7. The Bertz CT molecular complexity index is 671. The van der Waals surface area contributed by atoms with Crippen molar-refractivity contribution in [2.75, 3.05) is 5.73 Å². The lowest BCUT2D eigenvalue weighted by Gasteiger charge is -2.10. The second kappa shape index (κ2) is 6.88. The molecule has 0 unspecified atom stereocenters. The number of halogens is 1. The van der Waals surface area contributed by atoms with E-state index in [0.29, 0.717) is 11.1 Å². The predicted octanol–water partition coefficient (Wildman–Crippen LogP) is 1.96. The number of aliphatic carboxylic acids is 1. The third-order valence-electron chi connectivity index (χ3n) is 2.85. The molecule has 0 heterocycles. The minimum absolute atomic E-state index is 0. The number of carboxylic acid groups (broad SMARTS) is 1. The lowest BCUT2D eigenvalue weighted by atomic mass is 9.98. The van der Waals surface area contributed by atoms with E-state index >= 15 is 0 Å². The van der Waals surface area contributed by atoms with Crippen LogP contribution in [0.1, 0.15) is 21.5 Å². The topological polar surface area (TPSA) is 112 Å². The Kier molecular flexibility index (Phi) is 5.46. The van der Waals surface area contributed by atoms with E-state index in [2.05, 4.69) is 0 Å². The first kappa shape index (κ1) is 16.7. The van der Waals surface area contributed by atoms with Gasteiger partial charge in [-0.15, -0.1) is 0 Å². The summed E-state index contributed by atoms with van der Waals surface area (Å²) in [4.78, 5) is 23.2. The minimum atomic E-state index is -1.03. The molecule has 0 radical (unpaired) electrons. The molecular weight excluding hydrogens is 294 g/mol. The molecule has 2 rings (SSSR count). The van der Waals surface area contributed by atoms with Crippen LogP contribution in [0.25, 0.3) is 0 Å². The molecule has 2 aromatic rings. The fourth-order valence-corrected chi connectivity index (χ4v) is 2.16. The largest absolute Gasteiger partial charge is 0.481 e. The second-order valence-corrected chi connectivity index (χ2v) is 4.73. The maximum absolute atomic E-state index is 12.4. The van der Waals surface area contributed by atoms with Crippen molar-refractivity contribution in [3.63, 3.8) is 0 Å². The number of nitrogen functional groups attached to an aromatic ring is 1. The molecule has 0 aromatic heterocycles. The molecule has 0 aliphatic heterocycles. The summed E-state index contributed by atoms with van der Waals surface area (Å²) in [6.45, 7) is 0. The number of nitrogens with two attached hydrogens (primary N) is 1. The molecule has 0 aliphatic carbocycles. The minimum Gasteiger partial charge on any atom is -0.481 e. The van der Waals surface area contributed by atoms with Gasteiger partial charge >= 0.3 is 5.97 Å². The highest BCUT2D eigenvalue weighted by Gasteiger charge is 2.17. The van der Waals surface area contributed by atoms with E-state index in [9.17, 15) is 9.59 Å². The van der Waals surface area contributed by atoms with Gasteiger partial charge in [-0.2, -0.15) is 0 Å². The third-order valence-corrected chi connectivity index (χ3v) is 3.07. The molecule has 0 atom stereocenters. The maximum atomic E-state index is 12.4. The summed E-state index contributed by atoms with van der Waals surface area (Å²) >= 11 is 5.94. The number of benzene rings is 2. The van der Waals surface area contributed by atoms with Gasteiger partial charge in [-0.1, -0.05) is 41.9 Å². The smallest absolute Gasteiger partial charge is 0.307 e. The molecule has 110 valence electrons. The van der Waals surface area contributed by atoms with Crippen LogP contribution in [0.15, 0.2) is 42.5 Å². The molecule has 5 nitrogen and oxygen atoms in total. The van der Waals surface area contributed by atoms with Crippen LogP contribution in [-0.2, 0) is 11.2 Å². The van der Waals surface area contributed by atoms with Gasteiger partial charge in [0.2, 0.25) is 0 Å². The molecule has 0 saturated heterocycles. The molecule has 0 bridgehead atoms. The summed E-state index contributed by atoms with van der Waals surface area (Å²) in [5.74, 6) is -1.31. The lowest BCUT2D eigenvalue weighted by Crippen LogP contribution is -2.10. The Balaban J connectivity index is 0.00000220. The molecule has 0 amide bonds. The van der Waals surface area contributed by atoms with Crippen molar-refractivity contribution in [2.24, 2.45) is 0 Å². The van der Waals surface area contributed by atoms with E-state index in [1.807, 2.05) is 0 Å². The number of anilines is 1. The predicted molar refractivity (Wildman–Crippen MR) is 80.7 cm³/mol. The Hall–Kier alpha value is -2.37. The summed E-state index contributed by atoms with van der Waals surface area (Å²) in [7, 11) is 0. The molecular formula is C15H14ClNO4. The quantitative estimate of drug-likeness (QED) is 0.664. The van der Waals surface area contributed by atoms with Gasteiger partial charge in [-0.3, -0.25) is 9.59 Å². The number of carbonyl (C=O) groups excluding carboxylic acids is 1. The Morgan fingerprint density at radius 3 is 2.33 bits per heavy atom. The molecule has 0 spiro atoms. The summed E-state index contributed by atoms with van der Waals surface area (Å²) in [6, 6.07) is 11.5. The van der Waals surface area contributed by atoms with Crippen molar-refractivity contribution < 1.29 is 20.2 Å². The van der Waals surface area contributed by atoms with Gasteiger partial charge in [0.1, 0.15) is 0 Å². The van der Waals surface area contributed by atoms with Gasteiger partial charge < -0.3 is 16.3 Å². The van der Waals surface area contributed by atoms with Crippen LogP contribution in [0.5, 0.6) is 0 Å². The number of hydrogen-bond donors (Lipinski definition) is 2. The zero-order chi connectivity index (χ0) is 14.7. The van der Waals surface area contributed by atoms with Gasteiger partial charge in [-0.05, 0) is 17.7 Å². The van der Waals surface area contributed by atoms with Crippen molar-refractivity contribution in [2.45, 2.75) is 6.42 Å². The SMILES string of the molecule is Nc1c(CC(=O)O)cc(Cl)cc1C(=O)c1ccccc1.O. The van der Waals surface area contributed by atoms with Crippen molar-refractivity contribution in [3.8, 4) is 0 Å². The fraction of sp³-hybridized carbons (Fsp3) is 0.0667. The average molecular weight is 308 g/mol. The van der Waals surface area contributed by atoms with Crippen LogP contribution in [0.4, 0.5) is 5.69 Å². The average Bonchev–Trinajstić information content (AvgIpc) is 2.42. The number of hydrogen-bond acceptors (Lipinski definition) is 3. The summed E-state index contributed by atoms with van der Waals surface area (Å²) in [5, 5.41) is 9.13. The normalized spacial score (nSPS) is 9.76. The molecule has 21 heavy (non-hydrogen) atoms. The van der Waals surface area contributed by atoms with Crippen LogP contribution < -0.4 is 5.73 Å². The molecule has 6 heteroatoms. The van der Waals surface area contributed by atoms with Crippen molar-refractivity contribution >= 4 is 29.0 Å². The summed E-state index contributed by atoms with van der Waals surface area (Å²) in [6.07, 6.45) is -0.276. The van der Waals surface area contributed by atoms with Crippen molar-refractivity contribution in [1.29, 1.82) is 0 Å². The molecule has 5 N–H and O–H groups in total. The van der Waals surface area contributed by atoms with Crippen LogP contribution in [-0.4, -0.2) is 22.3 Å². The number of carbonyl (C=O) groups is 2. The third kappa shape index (κ3) is 3.81. The highest BCUT2D eigenvalue weighted by molar-refractivity contribution is 6.31. The van der Waals surface area contributed by atoms with Crippen molar-refractivity contribution in [1.82, 2.24) is 0 Å². The van der Waals surface area contributed by atoms with E-state index < -0.39 is 5.97 Å². The lowest BCUT2D eigenvalue weighted by molar-refractivity contribution is -0.136. The molecule has 0 aliphatic rings. The van der Waals surface area contributed by atoms with Crippen LogP contribution in [0, 0.1) is 0 Å². The summed E-state index contributed by atoms with van der Waals surface area (Å²) in [5.41, 5.74) is 7.09. The summed E-state index contributed by atoms with van der Waals surface area (Å²) < 4.78 is 0. The van der Waals surface area contributed by atoms with E-state index in [1.165, 1.54) is 12.1 Å². The first-order chi connectivity index (χ1) is 9.49. The van der Waals surface area contributed by atoms with E-state index in [4.69, 9.17) is 22.4 Å². The van der Waals surface area contributed by atoms with Crippen molar-refractivity contribution in [3.05, 3.63) is 64.2 Å². The van der Waals surface area contributed by atoms with Crippen LogP contribution >= 0.6 is 11.6 Å². The first-order valence-corrected chi connectivity index (χ1v) is 6.26. The molecule has 2 aromatic carbocycles. The fourth-order valence-electron chi connectivity index (χ4n) is 1.92. The Labute approximate surface area is 126 Å². The van der Waals surface area contributed by atoms with Gasteiger partial charge in [0.25, 0.3) is 0 Å². The van der Waals surface area contributed by atoms with Gasteiger partial charge in [0.05, 0.1) is 6.42 Å². The van der Waals surface area contributed by atoms with Crippen LogP contribution in [0.2, 0.25) is 5.02 Å². The van der Waals surface area contributed by atoms with Gasteiger partial charge in [0.15, 0.2) is 5.78 Å². The van der Waals surface area contributed by atoms with Gasteiger partial charge in [-0.25, -0.2) is 0 Å². The molecule has 0 fully saturated rings. The Morgan fingerprint density at radius 2 is 1.76 bits per heavy atom. The Morgan fingerprint density at radius 1 is 1.14 bits per heavy atom. The first-order valence-electron chi connectivity index (χ1n) is 5.88. The highest BCUT2D eigenvalue weighted by atomic mass is 35.5. The van der Waals surface area contributed by atoms with E-state index in [-0.39, 0.29) is 34.0 Å². The maximum Gasteiger partial charge on any atom is 0.307 e. The standard InChI is InChI=1S/C15H12ClNO3.H2O/c16-11-6-10(7-13(18)19)14(17)12(8-11)15(20)9-4-2-1-3-5-9;/h1-6,8H,7,17H2,(H,18,19);1H2. The van der Waals surface area contributed by atoms with E-state index in [0.717, 1.165) is 0 Å². The van der Waals surface area contributed by atoms with E-state index in [1.54, 1.807) is 30.3 Å². The van der Waals surface area contributed by atoms with Crippen LogP contribution in [0.3, 0.4) is 0 Å². The number of ketones is 1. The number of carboxylic acids is 1. The molecule has 0 saturated carbocycles.